The molecule has 3 heteroatoms. The van der Waals surface area contributed by atoms with Gasteiger partial charge in [-0.2, -0.15) is 0 Å². The van der Waals surface area contributed by atoms with Crippen molar-refractivity contribution >= 4 is 77.3 Å². The van der Waals surface area contributed by atoms with E-state index < -0.39 is 0 Å². The van der Waals surface area contributed by atoms with Crippen molar-refractivity contribution in [3.63, 3.8) is 0 Å². The Bertz CT molecular complexity index is 5250. The van der Waals surface area contributed by atoms with Gasteiger partial charge in [0, 0.05) is 59.8 Å². The van der Waals surface area contributed by atoms with E-state index >= 15 is 0 Å². The Hall–Kier alpha value is -9.44. The molecule has 0 atom stereocenters. The fourth-order valence-electron chi connectivity index (χ4n) is 15.7. The molecule has 3 aromatic heterocycles. The van der Waals surface area contributed by atoms with Crippen molar-refractivity contribution in [2.24, 2.45) is 0 Å². The van der Waals surface area contributed by atoms with E-state index in [9.17, 15) is 0 Å². The number of para-hydroxylation sites is 4. The molecule has 0 aliphatic heterocycles. The van der Waals surface area contributed by atoms with E-state index in [0.29, 0.717) is 0 Å². The molecule has 0 fully saturated rings. The summed E-state index contributed by atoms with van der Waals surface area (Å²) in [6.07, 6.45) is 3.26. The van der Waals surface area contributed by atoms with Crippen LogP contribution in [0.15, 0.2) is 221 Å². The van der Waals surface area contributed by atoms with Crippen molar-refractivity contribution in [3.05, 3.63) is 268 Å². The molecule has 0 bridgehead atoms. The lowest BCUT2D eigenvalue weighted by atomic mass is 9.79. The lowest BCUT2D eigenvalue weighted by Crippen LogP contribution is -2.17. The van der Waals surface area contributed by atoms with E-state index in [0.717, 1.165) is 51.0 Å². The minimum absolute atomic E-state index is 0.0415. The molecule has 0 amide bonds. The van der Waals surface area contributed by atoms with Crippen LogP contribution in [0.4, 0.5) is 0 Å². The molecule has 14 aromatic rings. The smallest absolute Gasteiger partial charge is 0.143 e. The highest BCUT2D eigenvalue weighted by Crippen LogP contribution is 2.59. The van der Waals surface area contributed by atoms with Crippen LogP contribution in [0, 0.1) is 0 Å². The number of fused-ring (bicyclic) bond motifs is 20. The molecule has 85 heavy (non-hydrogen) atoms. The van der Waals surface area contributed by atoms with E-state index in [4.69, 9.17) is 8.83 Å². The van der Waals surface area contributed by atoms with Crippen LogP contribution in [-0.2, 0) is 28.1 Å². The van der Waals surface area contributed by atoms with Crippen molar-refractivity contribution in [1.29, 1.82) is 0 Å². The minimum Gasteiger partial charge on any atom is -0.456 e. The number of benzene rings is 11. The van der Waals surface area contributed by atoms with Gasteiger partial charge in [-0.25, -0.2) is 0 Å². The molecule has 0 saturated heterocycles. The van der Waals surface area contributed by atoms with Gasteiger partial charge in [0.05, 0.1) is 11.0 Å². The first-order chi connectivity index (χ1) is 41.0. The molecule has 0 radical (unpaired) electrons. The predicted octanol–water partition coefficient (Wildman–Crippen LogP) is 22.2. The summed E-state index contributed by atoms with van der Waals surface area (Å²) in [6.45, 7) is 21.4. The van der Waals surface area contributed by atoms with Crippen LogP contribution in [0.1, 0.15) is 118 Å². The second-order valence-corrected chi connectivity index (χ2v) is 27.2. The van der Waals surface area contributed by atoms with Crippen molar-refractivity contribution in [2.45, 2.75) is 90.4 Å². The second kappa shape index (κ2) is 17.3. The molecule has 0 spiro atoms. The van der Waals surface area contributed by atoms with Crippen molar-refractivity contribution in [3.8, 4) is 50.2 Å². The number of furan rings is 2. The van der Waals surface area contributed by atoms with Crippen molar-refractivity contribution in [2.75, 3.05) is 0 Å². The molecular formula is C82H65NO2. The zero-order valence-corrected chi connectivity index (χ0v) is 49.8. The Morgan fingerprint density at radius 2 is 1.02 bits per heavy atom. The molecule has 3 aliphatic rings. The topological polar surface area (TPSA) is 31.2 Å². The molecule has 17 rings (SSSR count). The van der Waals surface area contributed by atoms with Gasteiger partial charge < -0.3 is 13.4 Å². The Balaban J connectivity index is 0.779. The summed E-state index contributed by atoms with van der Waals surface area (Å²) in [5.74, 6) is 0. The van der Waals surface area contributed by atoms with Crippen LogP contribution >= 0.6 is 0 Å². The normalized spacial score (nSPS) is 15.3. The number of allylic oxidation sites excluding steroid dienone is 1. The Morgan fingerprint density at radius 3 is 1.80 bits per heavy atom. The minimum atomic E-state index is -0.316. The zero-order valence-electron chi connectivity index (χ0n) is 49.8. The van der Waals surface area contributed by atoms with Gasteiger partial charge >= 0.3 is 0 Å². The molecular weight excluding hydrogens is 1030 g/mol. The Morgan fingerprint density at radius 1 is 0.424 bits per heavy atom. The van der Waals surface area contributed by atoms with E-state index in [1.807, 2.05) is 0 Å². The largest absolute Gasteiger partial charge is 0.456 e. The van der Waals surface area contributed by atoms with E-state index in [1.54, 1.807) is 0 Å². The predicted molar refractivity (Wildman–Crippen MR) is 357 cm³/mol. The first-order valence-electron chi connectivity index (χ1n) is 30.3. The van der Waals surface area contributed by atoms with Crippen molar-refractivity contribution in [1.82, 2.24) is 4.57 Å². The summed E-state index contributed by atoms with van der Waals surface area (Å²) >= 11 is 0. The summed E-state index contributed by atoms with van der Waals surface area (Å²) in [4.78, 5) is 0. The van der Waals surface area contributed by atoms with Gasteiger partial charge in [0.15, 0.2) is 0 Å². The zero-order chi connectivity index (χ0) is 57.6. The molecule has 0 saturated carbocycles. The molecule has 11 aromatic carbocycles. The van der Waals surface area contributed by atoms with Gasteiger partial charge in [0.2, 0.25) is 0 Å². The van der Waals surface area contributed by atoms with E-state index in [1.165, 1.54) is 133 Å². The van der Waals surface area contributed by atoms with Gasteiger partial charge in [0.25, 0.3) is 0 Å². The third kappa shape index (κ3) is 7.07. The van der Waals surface area contributed by atoms with Crippen LogP contribution in [0.25, 0.3) is 128 Å². The maximum absolute atomic E-state index is 7.05. The Labute approximate surface area is 496 Å². The van der Waals surface area contributed by atoms with Crippen molar-refractivity contribution < 1.29 is 8.83 Å². The van der Waals surface area contributed by atoms with Gasteiger partial charge in [-0.3, -0.25) is 0 Å². The molecule has 3 aliphatic carbocycles. The third-order valence-corrected chi connectivity index (χ3v) is 20.2. The summed E-state index contributed by atoms with van der Waals surface area (Å²) < 4.78 is 15.9. The SMILES string of the molecule is CC(C)(C)c1ccc(/C(=C\c2ccc3c(c2)C(C)(C)c2cc(-c4ccc5c6ccccc6n(-c6ccccc6)c5c4)c4oc5ccccc5c4c2-3)Cc2ccc3c(c2)C(C)(C)c2cc4c(cc2-3)C(C)(C)c2ccc3oc5ccccc5c3c2-4)cc1. The fraction of sp³-hybridized carbons (Fsp3) is 0.171. The fourth-order valence-corrected chi connectivity index (χ4v) is 15.7. The number of nitrogens with zero attached hydrogens (tertiary/aromatic N) is 1. The average Bonchev–Trinajstić information content (AvgIpc) is 1.67. The van der Waals surface area contributed by atoms with E-state index in [-0.39, 0.29) is 21.7 Å². The highest BCUT2D eigenvalue weighted by atomic mass is 16.3. The first-order valence-corrected chi connectivity index (χ1v) is 30.3. The van der Waals surface area contributed by atoms with Crippen LogP contribution in [0.3, 0.4) is 0 Å². The maximum Gasteiger partial charge on any atom is 0.143 e. The average molecular weight is 1100 g/mol. The van der Waals surface area contributed by atoms with Gasteiger partial charge in [-0.15, -0.1) is 0 Å². The number of rotatable bonds is 6. The first kappa shape index (κ1) is 50.1. The number of hydrogen-bond donors (Lipinski definition) is 0. The van der Waals surface area contributed by atoms with Crippen LogP contribution in [0.2, 0.25) is 0 Å². The molecule has 3 heterocycles. The summed E-state index contributed by atoms with van der Waals surface area (Å²) in [7, 11) is 0. The number of hydrogen-bond acceptors (Lipinski definition) is 2. The maximum atomic E-state index is 7.05. The molecule has 3 nitrogen and oxygen atoms in total. The van der Waals surface area contributed by atoms with Crippen LogP contribution < -0.4 is 0 Å². The van der Waals surface area contributed by atoms with Crippen LogP contribution in [0.5, 0.6) is 0 Å². The summed E-state index contributed by atoms with van der Waals surface area (Å²) in [5, 5.41) is 7.23. The third-order valence-electron chi connectivity index (χ3n) is 20.2. The highest BCUT2D eigenvalue weighted by molar-refractivity contribution is 6.20. The standard InChI is InChI=1S/C82H65NO2/c1-79(2,3)52-32-29-49(30-33-52)51(39-47-27-34-54-61-45-67-62(46-66(61)81(6,7)64(54)41-47)75-63(80(67,4)5)37-38-73-76(75)58-22-14-17-25-71(58)84-73)40-48-28-35-57-65(42-48)82(8,9)68-44-60(78-77(74(57)68)59-23-15-18-26-72(59)85-78)50-31-36-56-55-21-13-16-24-69(55)83(70(56)43-50)53-19-11-10-12-20-53/h10-38,40-46H,39H2,1-9H3/b51-40-. The number of aromatic nitrogens is 1. The highest BCUT2D eigenvalue weighted by Gasteiger charge is 2.44. The van der Waals surface area contributed by atoms with Gasteiger partial charge in [-0.05, 0) is 173 Å². The Kier molecular flexibility index (Phi) is 10.2. The molecule has 0 N–H and O–H groups in total. The van der Waals surface area contributed by atoms with Gasteiger partial charge in [-0.1, -0.05) is 220 Å². The lowest BCUT2D eigenvalue weighted by molar-refractivity contribution is 0.590. The molecule has 0 unspecified atom stereocenters. The summed E-state index contributed by atoms with van der Waals surface area (Å²) in [5.41, 5.74) is 31.4. The second-order valence-electron chi connectivity index (χ2n) is 27.2. The summed E-state index contributed by atoms with van der Waals surface area (Å²) in [6, 6.07) is 79.6. The quantitative estimate of drug-likeness (QED) is 0.155. The monoisotopic (exact) mass is 1100 g/mol. The van der Waals surface area contributed by atoms with Gasteiger partial charge in [0.1, 0.15) is 22.3 Å². The van der Waals surface area contributed by atoms with E-state index in [2.05, 4.69) is 285 Å². The lowest BCUT2D eigenvalue weighted by Gasteiger charge is -2.24. The van der Waals surface area contributed by atoms with Crippen LogP contribution in [-0.4, -0.2) is 4.57 Å². The molecule has 410 valence electrons.